The van der Waals surface area contributed by atoms with E-state index >= 15 is 0 Å². The Morgan fingerprint density at radius 2 is 2.10 bits per heavy atom. The van der Waals surface area contributed by atoms with Gasteiger partial charge in [-0.15, -0.1) is 24.2 Å². The van der Waals surface area contributed by atoms with E-state index in [1.165, 1.54) is 11.8 Å². The third kappa shape index (κ3) is 4.13. The predicted octanol–water partition coefficient (Wildman–Crippen LogP) is 2.59. The molecule has 1 aromatic rings. The number of sulfonamides is 1. The molecule has 0 aliphatic carbocycles. The van der Waals surface area contributed by atoms with Crippen LogP contribution in [0.15, 0.2) is 34.1 Å². The zero-order valence-corrected chi connectivity index (χ0v) is 14.9. The van der Waals surface area contributed by atoms with E-state index in [9.17, 15) is 8.42 Å². The summed E-state index contributed by atoms with van der Waals surface area (Å²) in [5.41, 5.74) is 0. The summed E-state index contributed by atoms with van der Waals surface area (Å²) in [6.07, 6.45) is 3.63. The van der Waals surface area contributed by atoms with Gasteiger partial charge in [-0.1, -0.05) is 19.1 Å². The number of hydrogen-bond donors (Lipinski definition) is 1. The molecule has 2 rings (SSSR count). The third-order valence-corrected chi connectivity index (χ3v) is 6.48. The lowest BCUT2D eigenvalue weighted by Gasteiger charge is -2.28. The summed E-state index contributed by atoms with van der Waals surface area (Å²) in [6, 6.07) is 7.34. The van der Waals surface area contributed by atoms with Crippen LogP contribution in [0.25, 0.3) is 0 Å². The number of nitrogens with one attached hydrogen (secondary N) is 1. The minimum Gasteiger partial charge on any atom is -0.315 e. The lowest BCUT2D eigenvalue weighted by molar-refractivity contribution is 0.334. The number of hydrogen-bond acceptors (Lipinski definition) is 4. The Morgan fingerprint density at radius 3 is 2.67 bits per heavy atom. The summed E-state index contributed by atoms with van der Waals surface area (Å²) in [5.74, 6) is 0. The molecule has 4 nitrogen and oxygen atoms in total. The van der Waals surface area contributed by atoms with Crippen molar-refractivity contribution in [1.82, 2.24) is 9.62 Å². The predicted molar refractivity (Wildman–Crippen MR) is 90.9 cm³/mol. The number of halogens is 1. The van der Waals surface area contributed by atoms with Gasteiger partial charge in [0.2, 0.25) is 10.0 Å². The molecule has 0 bridgehead atoms. The SMILES string of the molecule is CCCN(C1CCNC1)S(=O)(=O)c1ccccc1SC.Cl. The van der Waals surface area contributed by atoms with Crippen LogP contribution in [0.1, 0.15) is 19.8 Å². The Morgan fingerprint density at radius 1 is 1.38 bits per heavy atom. The quantitative estimate of drug-likeness (QED) is 0.801. The van der Waals surface area contributed by atoms with Crippen molar-refractivity contribution in [2.24, 2.45) is 0 Å². The van der Waals surface area contributed by atoms with E-state index in [-0.39, 0.29) is 18.4 Å². The van der Waals surface area contributed by atoms with Crippen LogP contribution in [0.2, 0.25) is 0 Å². The highest BCUT2D eigenvalue weighted by Gasteiger charge is 2.33. The average Bonchev–Trinajstić information content (AvgIpc) is 2.98. The van der Waals surface area contributed by atoms with Gasteiger partial charge in [-0.2, -0.15) is 4.31 Å². The minimum absolute atomic E-state index is 0. The third-order valence-electron chi connectivity index (χ3n) is 3.54. The molecular formula is C14H23ClN2O2S2. The van der Waals surface area contributed by atoms with Gasteiger partial charge in [-0.3, -0.25) is 0 Å². The van der Waals surface area contributed by atoms with Crippen LogP contribution >= 0.6 is 24.2 Å². The summed E-state index contributed by atoms with van der Waals surface area (Å²) in [6.45, 7) is 4.24. The number of benzene rings is 1. The summed E-state index contributed by atoms with van der Waals surface area (Å²) in [7, 11) is -3.42. The van der Waals surface area contributed by atoms with Gasteiger partial charge >= 0.3 is 0 Å². The van der Waals surface area contributed by atoms with Crippen LogP contribution < -0.4 is 5.32 Å². The molecule has 0 radical (unpaired) electrons. The standard InChI is InChI=1S/C14H22N2O2S2.ClH/c1-3-10-16(12-8-9-15-11-12)20(17,18)14-7-5-4-6-13(14)19-2;/h4-7,12,15H,3,8-11H2,1-2H3;1H. The van der Waals surface area contributed by atoms with E-state index in [2.05, 4.69) is 5.32 Å². The van der Waals surface area contributed by atoms with Gasteiger partial charge in [0.05, 0.1) is 4.90 Å². The summed E-state index contributed by atoms with van der Waals surface area (Å²) < 4.78 is 27.6. The Kier molecular flexibility index (Phi) is 7.50. The largest absolute Gasteiger partial charge is 0.315 e. The molecule has 1 fully saturated rings. The molecule has 120 valence electrons. The fourth-order valence-electron chi connectivity index (χ4n) is 2.56. The van der Waals surface area contributed by atoms with Gasteiger partial charge in [0.15, 0.2) is 0 Å². The summed E-state index contributed by atoms with van der Waals surface area (Å²) >= 11 is 1.48. The van der Waals surface area contributed by atoms with Crippen LogP contribution in [-0.2, 0) is 10.0 Å². The van der Waals surface area contributed by atoms with Crippen LogP contribution in [0, 0.1) is 0 Å². The van der Waals surface area contributed by atoms with Crippen LogP contribution in [-0.4, -0.2) is 44.7 Å². The highest BCUT2D eigenvalue weighted by molar-refractivity contribution is 7.99. The Labute approximate surface area is 138 Å². The van der Waals surface area contributed by atoms with Gasteiger partial charge in [0.1, 0.15) is 0 Å². The number of rotatable bonds is 6. The Bertz CT molecular complexity index is 546. The summed E-state index contributed by atoms with van der Waals surface area (Å²) in [4.78, 5) is 1.26. The minimum atomic E-state index is -3.42. The summed E-state index contributed by atoms with van der Waals surface area (Å²) in [5, 5.41) is 3.25. The van der Waals surface area contributed by atoms with Crippen molar-refractivity contribution >= 4 is 34.2 Å². The lowest BCUT2D eigenvalue weighted by Crippen LogP contribution is -2.42. The first-order valence-corrected chi connectivity index (χ1v) is 9.63. The van der Waals surface area contributed by atoms with Crippen molar-refractivity contribution in [3.8, 4) is 0 Å². The average molecular weight is 351 g/mol. The molecule has 1 heterocycles. The van der Waals surface area contributed by atoms with E-state index in [1.807, 2.05) is 25.3 Å². The Hall–Kier alpha value is -0.270. The molecule has 1 N–H and O–H groups in total. The second-order valence-corrected chi connectivity index (χ2v) is 7.62. The molecule has 1 atom stereocenters. The first-order chi connectivity index (χ1) is 9.61. The maximum absolute atomic E-state index is 13.0. The zero-order chi connectivity index (χ0) is 14.6. The monoisotopic (exact) mass is 350 g/mol. The van der Waals surface area contributed by atoms with E-state index in [0.717, 1.165) is 30.8 Å². The molecule has 1 aliphatic rings. The molecule has 0 aromatic heterocycles. The highest BCUT2D eigenvalue weighted by atomic mass is 35.5. The fourth-order valence-corrected chi connectivity index (χ4v) is 5.43. The maximum Gasteiger partial charge on any atom is 0.244 e. The van der Waals surface area contributed by atoms with Crippen molar-refractivity contribution in [3.63, 3.8) is 0 Å². The molecule has 0 saturated carbocycles. The van der Waals surface area contributed by atoms with E-state index in [0.29, 0.717) is 11.4 Å². The molecule has 21 heavy (non-hydrogen) atoms. The second kappa shape index (κ2) is 8.39. The van der Waals surface area contributed by atoms with Crippen LogP contribution in [0.3, 0.4) is 0 Å². The van der Waals surface area contributed by atoms with Crippen LogP contribution in [0.5, 0.6) is 0 Å². The smallest absolute Gasteiger partial charge is 0.244 e. The molecule has 7 heteroatoms. The Balaban J connectivity index is 0.00000220. The topological polar surface area (TPSA) is 49.4 Å². The van der Waals surface area contributed by atoms with Gasteiger partial charge in [-0.25, -0.2) is 8.42 Å². The van der Waals surface area contributed by atoms with E-state index in [1.54, 1.807) is 16.4 Å². The normalized spacial score (nSPS) is 18.7. The van der Waals surface area contributed by atoms with Gasteiger partial charge in [-0.05, 0) is 37.8 Å². The van der Waals surface area contributed by atoms with Crippen molar-refractivity contribution < 1.29 is 8.42 Å². The molecule has 1 unspecified atom stereocenters. The first-order valence-electron chi connectivity index (χ1n) is 6.96. The zero-order valence-electron chi connectivity index (χ0n) is 12.4. The lowest BCUT2D eigenvalue weighted by atomic mass is 10.2. The van der Waals surface area contributed by atoms with Crippen LogP contribution in [0.4, 0.5) is 0 Å². The molecule has 0 spiro atoms. The fraction of sp³-hybridized carbons (Fsp3) is 0.571. The molecular weight excluding hydrogens is 328 g/mol. The molecule has 1 saturated heterocycles. The second-order valence-electron chi connectivity index (χ2n) is 4.91. The molecule has 1 aromatic carbocycles. The van der Waals surface area contributed by atoms with Gasteiger partial charge < -0.3 is 5.32 Å². The van der Waals surface area contributed by atoms with Crippen molar-refractivity contribution in [2.45, 2.75) is 35.6 Å². The molecule has 0 amide bonds. The van der Waals surface area contributed by atoms with E-state index < -0.39 is 10.0 Å². The van der Waals surface area contributed by atoms with Gasteiger partial charge in [0, 0.05) is 24.0 Å². The number of nitrogens with zero attached hydrogens (tertiary/aromatic N) is 1. The van der Waals surface area contributed by atoms with Crippen molar-refractivity contribution in [3.05, 3.63) is 24.3 Å². The first kappa shape index (κ1) is 18.8. The van der Waals surface area contributed by atoms with Gasteiger partial charge in [0.25, 0.3) is 0 Å². The van der Waals surface area contributed by atoms with Crippen molar-refractivity contribution in [2.75, 3.05) is 25.9 Å². The highest BCUT2D eigenvalue weighted by Crippen LogP contribution is 2.29. The van der Waals surface area contributed by atoms with Crippen molar-refractivity contribution in [1.29, 1.82) is 0 Å². The number of thioether (sulfide) groups is 1. The van der Waals surface area contributed by atoms with E-state index in [4.69, 9.17) is 0 Å². The maximum atomic E-state index is 13.0. The molecule has 1 aliphatic heterocycles.